The Morgan fingerprint density at radius 3 is 2.40 bits per heavy atom. The first-order valence-corrected chi connectivity index (χ1v) is 9.51. The second-order valence-corrected chi connectivity index (χ2v) is 7.36. The van der Waals surface area contributed by atoms with Crippen LogP contribution in [0.4, 0.5) is 5.69 Å². The number of hydrogen-bond acceptors (Lipinski definition) is 3. The Morgan fingerprint density at radius 2 is 1.72 bits per heavy atom. The lowest BCUT2D eigenvalue weighted by molar-refractivity contribution is 0.386. The highest BCUT2D eigenvalue weighted by atomic mass is 32.1. The van der Waals surface area contributed by atoms with E-state index in [1.807, 2.05) is 18.2 Å². The van der Waals surface area contributed by atoms with Crippen molar-refractivity contribution in [1.82, 2.24) is 9.47 Å². The number of aromatic nitrogens is 1. The molecule has 0 N–H and O–H groups in total. The van der Waals surface area contributed by atoms with Crippen molar-refractivity contribution in [2.75, 3.05) is 20.6 Å². The zero-order chi connectivity index (χ0) is 17.6. The predicted octanol–water partition coefficient (Wildman–Crippen LogP) is 4.71. The van der Waals surface area contributed by atoms with Gasteiger partial charge in [0.05, 0.1) is 11.4 Å². The fraction of sp³-hybridized carbons (Fsp3) is 0.286. The molecule has 0 bridgehead atoms. The molecule has 0 aliphatic carbocycles. The lowest BCUT2D eigenvalue weighted by Crippen LogP contribution is -2.20. The van der Waals surface area contributed by atoms with Gasteiger partial charge in [-0.05, 0) is 51.7 Å². The second-order valence-electron chi connectivity index (χ2n) is 6.53. The number of thiazole rings is 1. The van der Waals surface area contributed by atoms with Crippen LogP contribution in [0.2, 0.25) is 0 Å². The zero-order valence-corrected chi connectivity index (χ0v) is 16.0. The lowest BCUT2D eigenvalue weighted by atomic mass is 10.1. The largest absolute Gasteiger partial charge is 0.316 e. The first kappa shape index (κ1) is 17.6. The summed E-state index contributed by atoms with van der Waals surface area (Å²) in [7, 11) is 4.24. The van der Waals surface area contributed by atoms with E-state index in [-0.39, 0.29) is 0 Å². The Bertz CT molecular complexity index is 858. The van der Waals surface area contributed by atoms with Crippen LogP contribution in [-0.2, 0) is 6.54 Å². The third kappa shape index (κ3) is 4.68. The molecule has 1 heterocycles. The molecule has 0 amide bonds. The molecule has 0 aliphatic rings. The van der Waals surface area contributed by atoms with E-state index >= 15 is 0 Å². The molecule has 0 saturated heterocycles. The topological polar surface area (TPSA) is 20.5 Å². The molecular weight excluding hydrogens is 326 g/mol. The highest BCUT2D eigenvalue weighted by molar-refractivity contribution is 7.07. The summed E-state index contributed by atoms with van der Waals surface area (Å²) in [5.74, 6) is 0. The van der Waals surface area contributed by atoms with E-state index in [1.165, 1.54) is 16.8 Å². The highest BCUT2D eigenvalue weighted by Gasteiger charge is 2.08. The molecule has 0 fully saturated rings. The molecular formula is C21H25N3S. The Labute approximate surface area is 153 Å². The van der Waals surface area contributed by atoms with E-state index in [4.69, 9.17) is 4.99 Å². The van der Waals surface area contributed by atoms with Gasteiger partial charge in [-0.1, -0.05) is 48.0 Å². The van der Waals surface area contributed by atoms with Gasteiger partial charge in [-0.25, -0.2) is 4.99 Å². The Kier molecular flexibility index (Phi) is 5.84. The van der Waals surface area contributed by atoms with E-state index in [0.29, 0.717) is 0 Å². The monoisotopic (exact) mass is 351 g/mol. The normalized spacial score (nSPS) is 12.1. The molecule has 1 aromatic heterocycles. The molecule has 0 unspecified atom stereocenters. The van der Waals surface area contributed by atoms with E-state index in [2.05, 4.69) is 72.3 Å². The van der Waals surface area contributed by atoms with Gasteiger partial charge in [-0.15, -0.1) is 11.3 Å². The number of hydrogen-bond donors (Lipinski definition) is 0. The maximum absolute atomic E-state index is 4.87. The molecule has 25 heavy (non-hydrogen) atoms. The fourth-order valence-corrected chi connectivity index (χ4v) is 3.70. The van der Waals surface area contributed by atoms with Gasteiger partial charge in [0.2, 0.25) is 0 Å². The van der Waals surface area contributed by atoms with Gasteiger partial charge in [-0.2, -0.15) is 0 Å². The van der Waals surface area contributed by atoms with Crippen LogP contribution >= 0.6 is 11.3 Å². The summed E-state index contributed by atoms with van der Waals surface area (Å²) in [5.41, 5.74) is 4.79. The van der Waals surface area contributed by atoms with Crippen molar-refractivity contribution >= 4 is 17.0 Å². The van der Waals surface area contributed by atoms with Crippen molar-refractivity contribution in [3.8, 4) is 11.3 Å². The van der Waals surface area contributed by atoms with E-state index in [9.17, 15) is 0 Å². The van der Waals surface area contributed by atoms with Gasteiger partial charge in [0, 0.05) is 11.9 Å². The van der Waals surface area contributed by atoms with Crippen LogP contribution in [-0.4, -0.2) is 30.1 Å². The third-order valence-electron chi connectivity index (χ3n) is 4.11. The maximum atomic E-state index is 4.87. The van der Waals surface area contributed by atoms with Gasteiger partial charge in [0.1, 0.15) is 0 Å². The average Bonchev–Trinajstić information content (AvgIpc) is 2.99. The van der Waals surface area contributed by atoms with Crippen LogP contribution in [0.3, 0.4) is 0 Å². The van der Waals surface area contributed by atoms with Crippen molar-refractivity contribution in [2.45, 2.75) is 19.9 Å². The Morgan fingerprint density at radius 1 is 1.00 bits per heavy atom. The third-order valence-corrected chi connectivity index (χ3v) is 4.98. The molecule has 0 aliphatic heterocycles. The summed E-state index contributed by atoms with van der Waals surface area (Å²) in [6.07, 6.45) is 1.10. The van der Waals surface area contributed by atoms with Crippen molar-refractivity contribution < 1.29 is 0 Å². The van der Waals surface area contributed by atoms with Gasteiger partial charge in [-0.3, -0.25) is 0 Å². The smallest absolute Gasteiger partial charge is 0.190 e. The lowest BCUT2D eigenvalue weighted by Gasteiger charge is -2.12. The molecule has 0 atom stereocenters. The molecule has 0 saturated carbocycles. The van der Waals surface area contributed by atoms with E-state index < -0.39 is 0 Å². The quantitative estimate of drug-likeness (QED) is 0.630. The highest BCUT2D eigenvalue weighted by Crippen LogP contribution is 2.21. The Balaban J connectivity index is 2.00. The van der Waals surface area contributed by atoms with Gasteiger partial charge in [0.25, 0.3) is 0 Å². The maximum Gasteiger partial charge on any atom is 0.190 e. The summed E-state index contributed by atoms with van der Waals surface area (Å²) < 4.78 is 2.35. The van der Waals surface area contributed by atoms with Gasteiger partial charge < -0.3 is 9.47 Å². The second kappa shape index (κ2) is 8.28. The van der Waals surface area contributed by atoms with Crippen LogP contribution in [0.5, 0.6) is 0 Å². The van der Waals surface area contributed by atoms with Crippen LogP contribution in [0.15, 0.2) is 65.0 Å². The molecule has 3 aromatic rings. The van der Waals surface area contributed by atoms with Gasteiger partial charge >= 0.3 is 0 Å². The minimum atomic E-state index is 0.969. The summed E-state index contributed by atoms with van der Waals surface area (Å²) >= 11 is 1.71. The predicted molar refractivity (Wildman–Crippen MR) is 107 cm³/mol. The molecule has 3 nitrogen and oxygen atoms in total. The minimum Gasteiger partial charge on any atom is -0.316 e. The Hall–Kier alpha value is -2.17. The number of para-hydroxylation sites is 1. The first-order chi connectivity index (χ1) is 12.1. The van der Waals surface area contributed by atoms with Gasteiger partial charge in [0.15, 0.2) is 4.80 Å². The van der Waals surface area contributed by atoms with Crippen LogP contribution < -0.4 is 4.80 Å². The summed E-state index contributed by atoms with van der Waals surface area (Å²) in [6.45, 7) is 4.16. The number of aryl methyl sites for hydroxylation is 1. The van der Waals surface area contributed by atoms with E-state index in [0.717, 1.165) is 30.0 Å². The summed E-state index contributed by atoms with van der Waals surface area (Å²) in [6, 6.07) is 18.9. The summed E-state index contributed by atoms with van der Waals surface area (Å²) in [5, 5.41) is 2.22. The summed E-state index contributed by atoms with van der Waals surface area (Å²) in [4.78, 5) is 8.16. The van der Waals surface area contributed by atoms with Crippen molar-refractivity contribution in [2.24, 2.45) is 4.99 Å². The van der Waals surface area contributed by atoms with Crippen LogP contribution in [0.1, 0.15) is 12.0 Å². The average molecular weight is 352 g/mol. The van der Waals surface area contributed by atoms with E-state index in [1.54, 1.807) is 11.3 Å². The van der Waals surface area contributed by atoms with Crippen molar-refractivity contribution in [3.63, 3.8) is 0 Å². The van der Waals surface area contributed by atoms with Crippen LogP contribution in [0, 0.1) is 6.92 Å². The molecule has 3 rings (SSSR count). The molecule has 130 valence electrons. The standard InChI is InChI=1S/C21H25N3S/c1-17-10-12-18(13-11-17)20-16-25-21(22-19-8-5-4-6-9-19)24(20)15-7-14-23(2)3/h4-6,8-13,16H,7,14-15H2,1-3H3. The molecule has 0 radical (unpaired) electrons. The SMILES string of the molecule is Cc1ccc(-c2csc(=Nc3ccccc3)n2CCCN(C)C)cc1. The van der Waals surface area contributed by atoms with Crippen LogP contribution in [0.25, 0.3) is 11.3 Å². The first-order valence-electron chi connectivity index (χ1n) is 8.63. The number of benzene rings is 2. The van der Waals surface area contributed by atoms with Crippen molar-refractivity contribution in [1.29, 1.82) is 0 Å². The molecule has 4 heteroatoms. The minimum absolute atomic E-state index is 0.969. The molecule has 0 spiro atoms. The number of rotatable bonds is 6. The fourth-order valence-electron chi connectivity index (χ4n) is 2.75. The van der Waals surface area contributed by atoms with Crippen molar-refractivity contribution in [3.05, 3.63) is 70.3 Å². The zero-order valence-electron chi connectivity index (χ0n) is 15.1. The molecule has 2 aromatic carbocycles. The number of nitrogens with zero attached hydrogens (tertiary/aromatic N) is 3.